The summed E-state index contributed by atoms with van der Waals surface area (Å²) in [7, 11) is 1.60. The molecule has 0 fully saturated rings. The summed E-state index contributed by atoms with van der Waals surface area (Å²) in [6.45, 7) is 0.304. The number of amides is 2. The van der Waals surface area contributed by atoms with Crippen molar-refractivity contribution in [1.82, 2.24) is 5.32 Å². The van der Waals surface area contributed by atoms with E-state index in [2.05, 4.69) is 21.2 Å². The lowest BCUT2D eigenvalue weighted by molar-refractivity contribution is -0.110. The summed E-state index contributed by atoms with van der Waals surface area (Å²) in [6.07, 6.45) is 2.52. The van der Waals surface area contributed by atoms with Crippen LogP contribution in [-0.4, -0.2) is 32.2 Å². The van der Waals surface area contributed by atoms with Gasteiger partial charge in [-0.15, -0.1) is 0 Å². The number of hydrogen-bond donors (Lipinski definition) is 2. The molecule has 0 saturated heterocycles. The molecule has 0 radical (unpaired) electrons. The third-order valence-corrected chi connectivity index (χ3v) is 5.27. The molecule has 3 N–H and O–H groups in total. The van der Waals surface area contributed by atoms with Gasteiger partial charge in [-0.1, -0.05) is 0 Å². The van der Waals surface area contributed by atoms with Gasteiger partial charge in [0, 0.05) is 18.3 Å². The van der Waals surface area contributed by atoms with Gasteiger partial charge < -0.3 is 20.5 Å². The molecule has 1 atom stereocenters. The number of benzene rings is 2. The summed E-state index contributed by atoms with van der Waals surface area (Å²) in [6, 6.07) is 10.2. The van der Waals surface area contributed by atoms with Crippen molar-refractivity contribution in [2.45, 2.75) is 25.3 Å². The Kier molecular flexibility index (Phi) is 6.41. The number of hydrogen-bond acceptors (Lipinski definition) is 5. The molecule has 0 bridgehead atoms. The number of carbonyl (C=O) groups is 2. The molecule has 3 rings (SSSR count). The molecule has 0 saturated carbocycles. The van der Waals surface area contributed by atoms with E-state index in [1.807, 2.05) is 12.1 Å². The molecule has 148 valence electrons. The highest BCUT2D eigenvalue weighted by atomic mass is 79.9. The van der Waals surface area contributed by atoms with Crippen LogP contribution in [0.25, 0.3) is 0 Å². The maximum Gasteiger partial charge on any atom is 0.419 e. The SMILES string of the molecule is COc1cc2c(cc1Br)N(C(=O)Oc1ccc(N)cc1)CC(NC=O)CCC2. The summed E-state index contributed by atoms with van der Waals surface area (Å²) in [5, 5.41) is 2.79. The Morgan fingerprint density at radius 2 is 2.07 bits per heavy atom. The second-order valence-corrected chi connectivity index (χ2v) is 7.39. The molecule has 2 aromatic carbocycles. The lowest BCUT2D eigenvalue weighted by Gasteiger charge is -2.31. The summed E-state index contributed by atoms with van der Waals surface area (Å²) >= 11 is 3.49. The molecule has 0 aliphatic carbocycles. The number of carbonyl (C=O) groups excluding carboxylic acids is 2. The van der Waals surface area contributed by atoms with E-state index in [1.165, 1.54) is 0 Å². The highest BCUT2D eigenvalue weighted by Gasteiger charge is 2.27. The fraction of sp³-hybridized carbons (Fsp3) is 0.300. The van der Waals surface area contributed by atoms with Gasteiger partial charge in [0.05, 0.1) is 17.3 Å². The topological polar surface area (TPSA) is 93.9 Å². The number of halogens is 1. The standard InChI is InChI=1S/C20H22BrN3O4/c1-27-19-9-13-3-2-4-15(23-12-25)11-24(18(13)10-17(19)21)20(26)28-16-7-5-14(22)6-8-16/h5-10,12,15H,2-4,11,22H2,1H3,(H,23,25). The van der Waals surface area contributed by atoms with E-state index in [9.17, 15) is 9.59 Å². The van der Waals surface area contributed by atoms with Crippen LogP contribution in [0.3, 0.4) is 0 Å². The van der Waals surface area contributed by atoms with Gasteiger partial charge in [0.15, 0.2) is 0 Å². The number of ether oxygens (including phenoxy) is 2. The van der Waals surface area contributed by atoms with Crippen molar-refractivity contribution < 1.29 is 19.1 Å². The van der Waals surface area contributed by atoms with Crippen molar-refractivity contribution >= 4 is 39.8 Å². The zero-order valence-corrected chi connectivity index (χ0v) is 17.1. The molecule has 8 heteroatoms. The van der Waals surface area contributed by atoms with Crippen LogP contribution in [0.5, 0.6) is 11.5 Å². The quantitative estimate of drug-likeness (QED) is 0.552. The number of nitrogens with two attached hydrogens (primary N) is 1. The van der Waals surface area contributed by atoms with E-state index in [0.29, 0.717) is 30.1 Å². The van der Waals surface area contributed by atoms with Gasteiger partial charge >= 0.3 is 6.09 Å². The number of aryl methyl sites for hydroxylation is 1. The van der Waals surface area contributed by atoms with E-state index in [0.717, 1.165) is 35.0 Å². The summed E-state index contributed by atoms with van der Waals surface area (Å²) < 4.78 is 11.7. The average Bonchev–Trinajstić information content (AvgIpc) is 2.67. The zero-order chi connectivity index (χ0) is 20.1. The van der Waals surface area contributed by atoms with Crippen LogP contribution in [0, 0.1) is 0 Å². The largest absolute Gasteiger partial charge is 0.496 e. The molecule has 28 heavy (non-hydrogen) atoms. The van der Waals surface area contributed by atoms with Gasteiger partial charge in [-0.3, -0.25) is 9.69 Å². The van der Waals surface area contributed by atoms with Crippen molar-refractivity contribution in [3.63, 3.8) is 0 Å². The average molecular weight is 448 g/mol. The Morgan fingerprint density at radius 1 is 1.32 bits per heavy atom. The third-order valence-electron chi connectivity index (χ3n) is 4.65. The molecule has 1 unspecified atom stereocenters. The minimum Gasteiger partial charge on any atom is -0.496 e. The molecule has 0 aromatic heterocycles. The number of anilines is 2. The molecular formula is C20H22BrN3O4. The first-order valence-electron chi connectivity index (χ1n) is 8.93. The van der Waals surface area contributed by atoms with Gasteiger partial charge in [-0.25, -0.2) is 4.79 Å². The Hall–Kier alpha value is -2.74. The lowest BCUT2D eigenvalue weighted by Crippen LogP contribution is -2.46. The minimum atomic E-state index is -0.525. The van der Waals surface area contributed by atoms with Crippen LogP contribution in [-0.2, 0) is 11.2 Å². The summed E-state index contributed by atoms with van der Waals surface area (Å²) in [5.74, 6) is 1.10. The van der Waals surface area contributed by atoms with Crippen LogP contribution in [0.15, 0.2) is 40.9 Å². The first kappa shape index (κ1) is 20.0. The van der Waals surface area contributed by atoms with E-state index in [-0.39, 0.29) is 6.04 Å². The maximum absolute atomic E-state index is 13.0. The zero-order valence-electron chi connectivity index (χ0n) is 15.5. The monoisotopic (exact) mass is 447 g/mol. The van der Waals surface area contributed by atoms with Gasteiger partial charge in [0.25, 0.3) is 0 Å². The Balaban J connectivity index is 1.96. The molecule has 1 aliphatic rings. The van der Waals surface area contributed by atoms with E-state index in [4.69, 9.17) is 15.2 Å². The van der Waals surface area contributed by atoms with Crippen LogP contribution in [0.4, 0.5) is 16.2 Å². The van der Waals surface area contributed by atoms with E-state index >= 15 is 0 Å². The van der Waals surface area contributed by atoms with Crippen molar-refractivity contribution in [2.24, 2.45) is 0 Å². The first-order chi connectivity index (χ1) is 13.5. The molecule has 1 aliphatic heterocycles. The van der Waals surface area contributed by atoms with Crippen molar-refractivity contribution in [1.29, 1.82) is 0 Å². The maximum atomic E-state index is 13.0. The van der Waals surface area contributed by atoms with Crippen LogP contribution in [0.2, 0.25) is 0 Å². The van der Waals surface area contributed by atoms with Crippen LogP contribution in [0.1, 0.15) is 18.4 Å². The van der Waals surface area contributed by atoms with E-state index < -0.39 is 6.09 Å². The normalized spacial score (nSPS) is 16.4. The molecular weight excluding hydrogens is 426 g/mol. The van der Waals surface area contributed by atoms with Gasteiger partial charge in [0.1, 0.15) is 11.5 Å². The number of methoxy groups -OCH3 is 1. The summed E-state index contributed by atoms with van der Waals surface area (Å²) in [4.78, 5) is 25.5. The minimum absolute atomic E-state index is 0.162. The highest BCUT2D eigenvalue weighted by molar-refractivity contribution is 9.10. The fourth-order valence-electron chi connectivity index (χ4n) is 3.24. The number of fused-ring (bicyclic) bond motifs is 1. The van der Waals surface area contributed by atoms with Crippen molar-refractivity contribution in [3.05, 3.63) is 46.4 Å². The number of nitrogen functional groups attached to an aromatic ring is 1. The fourth-order valence-corrected chi connectivity index (χ4v) is 3.73. The second-order valence-electron chi connectivity index (χ2n) is 6.54. The van der Waals surface area contributed by atoms with Crippen molar-refractivity contribution in [3.8, 4) is 11.5 Å². The first-order valence-corrected chi connectivity index (χ1v) is 9.72. The third kappa shape index (κ3) is 4.56. The van der Waals surface area contributed by atoms with Crippen LogP contribution < -0.4 is 25.4 Å². The molecule has 0 spiro atoms. The predicted molar refractivity (Wildman–Crippen MR) is 111 cm³/mol. The Labute approximate surface area is 171 Å². The Morgan fingerprint density at radius 3 is 2.75 bits per heavy atom. The second kappa shape index (κ2) is 8.97. The van der Waals surface area contributed by atoms with E-state index in [1.54, 1.807) is 36.3 Å². The number of nitrogens with zero attached hydrogens (tertiary/aromatic N) is 1. The lowest BCUT2D eigenvalue weighted by atomic mass is 9.99. The predicted octanol–water partition coefficient (Wildman–Crippen LogP) is 3.50. The van der Waals surface area contributed by atoms with Gasteiger partial charge in [0.2, 0.25) is 6.41 Å². The van der Waals surface area contributed by atoms with Gasteiger partial charge in [-0.05, 0) is 77.2 Å². The van der Waals surface area contributed by atoms with Gasteiger partial charge in [-0.2, -0.15) is 0 Å². The van der Waals surface area contributed by atoms with Crippen LogP contribution >= 0.6 is 15.9 Å². The Bertz CT molecular complexity index is 857. The molecule has 2 amide bonds. The smallest absolute Gasteiger partial charge is 0.419 e. The highest BCUT2D eigenvalue weighted by Crippen LogP contribution is 2.36. The number of nitrogens with one attached hydrogen (secondary N) is 1. The molecule has 1 heterocycles. The molecule has 2 aromatic rings. The van der Waals surface area contributed by atoms with Crippen molar-refractivity contribution in [2.75, 3.05) is 24.3 Å². The number of rotatable bonds is 4. The molecule has 7 nitrogen and oxygen atoms in total. The summed E-state index contributed by atoms with van der Waals surface area (Å²) in [5.41, 5.74) is 7.99.